The van der Waals surface area contributed by atoms with Gasteiger partial charge in [-0.3, -0.25) is 0 Å². The van der Waals surface area contributed by atoms with Crippen molar-refractivity contribution >= 4 is 17.7 Å². The Morgan fingerprint density at radius 2 is 1.24 bits per heavy atom. The Morgan fingerprint density at radius 3 is 1.65 bits per heavy atom. The Labute approximate surface area is 227 Å². The van der Waals surface area contributed by atoms with Crippen LogP contribution in [0, 0.1) is 0 Å². The van der Waals surface area contributed by atoms with Crippen LogP contribution in [-0.2, 0) is 39.3 Å². The normalized spacial score (nSPS) is 13.0. The molecule has 0 fully saturated rings. The predicted molar refractivity (Wildman–Crippen MR) is 154 cm³/mol. The molecule has 0 radical (unpaired) electrons. The molecule has 0 saturated heterocycles. The number of rotatable bonds is 9. The van der Waals surface area contributed by atoms with Gasteiger partial charge in [0.25, 0.3) is 0 Å². The zero-order valence-corrected chi connectivity index (χ0v) is 24.1. The van der Waals surface area contributed by atoms with Crippen LogP contribution in [0.15, 0.2) is 72.8 Å². The number of phenolic OH excluding ortho intramolecular Hbond substituents is 1. The SMILES string of the molecule is CC(SCc1cc(C(C)(C)C)c(O)c(C(C)(C)C)c1)C(=O)ON(Cc1ccccc1)Cc1ccccc1. The quantitative estimate of drug-likeness (QED) is 0.293. The van der Waals surface area contributed by atoms with Crippen LogP contribution in [-0.4, -0.2) is 21.4 Å². The second-order valence-corrected chi connectivity index (χ2v) is 13.0. The van der Waals surface area contributed by atoms with Gasteiger partial charge in [-0.25, -0.2) is 4.79 Å². The van der Waals surface area contributed by atoms with E-state index >= 15 is 0 Å². The van der Waals surface area contributed by atoms with E-state index in [0.29, 0.717) is 24.6 Å². The van der Waals surface area contributed by atoms with E-state index in [4.69, 9.17) is 4.84 Å². The minimum Gasteiger partial charge on any atom is -0.507 e. The summed E-state index contributed by atoms with van der Waals surface area (Å²) in [4.78, 5) is 19.1. The highest BCUT2D eigenvalue weighted by Crippen LogP contribution is 2.40. The fourth-order valence-corrected chi connectivity index (χ4v) is 4.89. The van der Waals surface area contributed by atoms with Crippen molar-refractivity contribution in [1.82, 2.24) is 5.06 Å². The van der Waals surface area contributed by atoms with E-state index in [9.17, 15) is 9.90 Å². The summed E-state index contributed by atoms with van der Waals surface area (Å²) in [5.74, 6) is 0.765. The summed E-state index contributed by atoms with van der Waals surface area (Å²) in [6, 6.07) is 24.2. The lowest BCUT2D eigenvalue weighted by molar-refractivity contribution is -0.196. The lowest BCUT2D eigenvalue weighted by atomic mass is 9.78. The zero-order chi connectivity index (χ0) is 27.2. The summed E-state index contributed by atoms with van der Waals surface area (Å²) in [5.41, 5.74) is 4.75. The maximum atomic E-state index is 13.1. The Kier molecular flexibility index (Phi) is 9.49. The minimum absolute atomic E-state index is 0.190. The molecular weight excluding hydrogens is 478 g/mol. The number of carbonyl (C=O) groups is 1. The number of aromatic hydroxyl groups is 1. The van der Waals surface area contributed by atoms with Gasteiger partial charge in [0.2, 0.25) is 0 Å². The first-order valence-corrected chi connectivity index (χ1v) is 13.9. The van der Waals surface area contributed by atoms with Crippen molar-refractivity contribution in [3.05, 3.63) is 101 Å². The second kappa shape index (κ2) is 12.2. The zero-order valence-electron chi connectivity index (χ0n) is 23.2. The molecule has 3 aromatic rings. The first kappa shape index (κ1) is 28.8. The number of carbonyl (C=O) groups excluding carboxylic acids is 1. The summed E-state index contributed by atoms with van der Waals surface area (Å²) in [7, 11) is 0. The van der Waals surface area contributed by atoms with Gasteiger partial charge in [-0.15, -0.1) is 16.8 Å². The van der Waals surface area contributed by atoms with Gasteiger partial charge < -0.3 is 9.94 Å². The molecule has 1 N–H and O–H groups in total. The van der Waals surface area contributed by atoms with Crippen molar-refractivity contribution in [1.29, 1.82) is 0 Å². The molecule has 5 heteroatoms. The van der Waals surface area contributed by atoms with Crippen LogP contribution in [0.3, 0.4) is 0 Å². The molecule has 0 aliphatic heterocycles. The molecule has 0 amide bonds. The molecular formula is C32H41NO3S. The standard InChI is InChI=1S/C32H41NO3S/c1-23(37-22-26-18-27(31(2,3)4)29(34)28(19-26)32(5,6)7)30(35)36-33(20-24-14-10-8-11-15-24)21-25-16-12-9-13-17-25/h8-19,23,34H,20-22H2,1-7H3. The molecule has 3 rings (SSSR count). The van der Waals surface area contributed by atoms with Crippen LogP contribution in [0.4, 0.5) is 0 Å². The number of hydroxylamine groups is 2. The predicted octanol–water partition coefficient (Wildman–Crippen LogP) is 7.77. The van der Waals surface area contributed by atoms with Crippen LogP contribution in [0.2, 0.25) is 0 Å². The van der Waals surface area contributed by atoms with Gasteiger partial charge in [0.1, 0.15) is 11.0 Å². The molecule has 1 atom stereocenters. The number of nitrogens with zero attached hydrogens (tertiary/aromatic N) is 1. The number of hydrogen-bond donors (Lipinski definition) is 1. The van der Waals surface area contributed by atoms with Crippen LogP contribution in [0.25, 0.3) is 0 Å². The van der Waals surface area contributed by atoms with Gasteiger partial charge in [-0.1, -0.05) is 114 Å². The van der Waals surface area contributed by atoms with E-state index in [1.165, 1.54) is 0 Å². The first-order valence-electron chi connectivity index (χ1n) is 12.9. The first-order chi connectivity index (χ1) is 17.3. The topological polar surface area (TPSA) is 49.8 Å². The third-order valence-corrected chi connectivity index (χ3v) is 7.43. The van der Waals surface area contributed by atoms with Crippen LogP contribution < -0.4 is 0 Å². The van der Waals surface area contributed by atoms with E-state index < -0.39 is 0 Å². The maximum absolute atomic E-state index is 13.1. The van der Waals surface area contributed by atoms with Gasteiger partial charge in [-0.2, -0.15) is 0 Å². The highest BCUT2D eigenvalue weighted by Gasteiger charge is 2.27. The molecule has 3 aromatic carbocycles. The lowest BCUT2D eigenvalue weighted by Gasteiger charge is -2.28. The van der Waals surface area contributed by atoms with Gasteiger partial charge in [-0.05, 0) is 45.6 Å². The number of phenols is 1. The van der Waals surface area contributed by atoms with Gasteiger partial charge >= 0.3 is 5.97 Å². The summed E-state index contributed by atoms with van der Waals surface area (Å²) >= 11 is 1.55. The Hall–Kier alpha value is -2.76. The summed E-state index contributed by atoms with van der Waals surface area (Å²) in [6.07, 6.45) is 0. The summed E-state index contributed by atoms with van der Waals surface area (Å²) < 4.78 is 0. The smallest absolute Gasteiger partial charge is 0.337 e. The highest BCUT2D eigenvalue weighted by atomic mass is 32.2. The summed E-state index contributed by atoms with van der Waals surface area (Å²) in [6.45, 7) is 15.6. The second-order valence-electron chi connectivity index (χ2n) is 11.7. The van der Waals surface area contributed by atoms with E-state index in [1.54, 1.807) is 16.8 Å². The number of hydrogen-bond acceptors (Lipinski definition) is 5. The number of benzene rings is 3. The molecule has 0 aliphatic carbocycles. The fraction of sp³-hybridized carbons (Fsp3) is 0.406. The molecule has 0 heterocycles. The third-order valence-electron chi connectivity index (χ3n) is 6.24. The van der Waals surface area contributed by atoms with Gasteiger partial charge in [0, 0.05) is 5.75 Å². The third kappa shape index (κ3) is 8.37. The molecule has 0 saturated carbocycles. The van der Waals surface area contributed by atoms with Crippen molar-refractivity contribution < 1.29 is 14.7 Å². The minimum atomic E-state index is -0.348. The molecule has 0 spiro atoms. The maximum Gasteiger partial charge on any atom is 0.337 e. The molecule has 0 bridgehead atoms. The molecule has 198 valence electrons. The average molecular weight is 520 g/mol. The van der Waals surface area contributed by atoms with Crippen molar-refractivity contribution in [3.63, 3.8) is 0 Å². The van der Waals surface area contributed by atoms with E-state index in [1.807, 2.05) is 67.6 Å². The van der Waals surface area contributed by atoms with Gasteiger partial charge in [0.15, 0.2) is 0 Å². The molecule has 4 nitrogen and oxygen atoms in total. The fourth-order valence-electron chi connectivity index (χ4n) is 4.11. The Balaban J connectivity index is 1.73. The Bertz CT molecular complexity index is 1090. The van der Waals surface area contributed by atoms with Crippen LogP contribution in [0.5, 0.6) is 5.75 Å². The Morgan fingerprint density at radius 1 is 0.811 bits per heavy atom. The molecule has 37 heavy (non-hydrogen) atoms. The van der Waals surface area contributed by atoms with Crippen molar-refractivity contribution in [2.24, 2.45) is 0 Å². The van der Waals surface area contributed by atoms with Crippen LogP contribution >= 0.6 is 11.8 Å². The summed E-state index contributed by atoms with van der Waals surface area (Å²) in [5, 5.41) is 12.4. The largest absolute Gasteiger partial charge is 0.507 e. The van der Waals surface area contributed by atoms with Crippen molar-refractivity contribution in [2.75, 3.05) is 0 Å². The number of thioether (sulfide) groups is 1. The lowest BCUT2D eigenvalue weighted by Crippen LogP contribution is -2.30. The van der Waals surface area contributed by atoms with E-state index in [-0.39, 0.29) is 22.0 Å². The van der Waals surface area contributed by atoms with Crippen LogP contribution in [0.1, 0.15) is 76.3 Å². The molecule has 0 aromatic heterocycles. The highest BCUT2D eigenvalue weighted by molar-refractivity contribution is 7.99. The molecule has 0 aliphatic rings. The van der Waals surface area contributed by atoms with Crippen molar-refractivity contribution in [2.45, 2.75) is 83.4 Å². The van der Waals surface area contributed by atoms with Gasteiger partial charge in [0.05, 0.1) is 13.1 Å². The van der Waals surface area contributed by atoms with Crippen molar-refractivity contribution in [3.8, 4) is 5.75 Å². The molecule has 1 unspecified atom stereocenters. The van der Waals surface area contributed by atoms with E-state index in [2.05, 4.69) is 53.7 Å². The van der Waals surface area contributed by atoms with E-state index in [0.717, 1.165) is 27.8 Å². The average Bonchev–Trinajstić information content (AvgIpc) is 2.83. The monoisotopic (exact) mass is 519 g/mol.